The standard InChI is InChI=1S/C17H18Cl2N6O/c18-12-7-11(8-13(19)9-12)16-22-21-14-1-2-15(23-25(14)16)24-5-3-17(20,10-26)4-6-24/h1-2,7-9,26H,3-6,10,20H2. The van der Waals surface area contributed by atoms with Crippen LogP contribution in [0.4, 0.5) is 5.82 Å². The molecule has 1 saturated heterocycles. The monoisotopic (exact) mass is 392 g/mol. The first kappa shape index (κ1) is 17.5. The van der Waals surface area contributed by atoms with Crippen molar-refractivity contribution < 1.29 is 5.11 Å². The van der Waals surface area contributed by atoms with Crippen molar-refractivity contribution in [2.45, 2.75) is 18.4 Å². The van der Waals surface area contributed by atoms with E-state index in [0.717, 1.165) is 24.5 Å². The van der Waals surface area contributed by atoms with Crippen LogP contribution in [0.2, 0.25) is 10.0 Å². The Balaban J connectivity index is 1.69. The van der Waals surface area contributed by atoms with E-state index in [1.54, 1.807) is 22.7 Å². The van der Waals surface area contributed by atoms with Gasteiger partial charge in [0.15, 0.2) is 11.5 Å². The molecular formula is C17H18Cl2N6O. The maximum absolute atomic E-state index is 9.43. The van der Waals surface area contributed by atoms with Gasteiger partial charge in [-0.05, 0) is 43.2 Å². The average molecular weight is 393 g/mol. The number of aliphatic hydroxyl groups excluding tert-OH is 1. The van der Waals surface area contributed by atoms with Gasteiger partial charge in [0.1, 0.15) is 5.82 Å². The Labute approximate surface area is 160 Å². The summed E-state index contributed by atoms with van der Waals surface area (Å²) >= 11 is 12.2. The molecule has 0 amide bonds. The highest BCUT2D eigenvalue weighted by molar-refractivity contribution is 6.35. The highest BCUT2D eigenvalue weighted by atomic mass is 35.5. The van der Waals surface area contributed by atoms with E-state index in [9.17, 15) is 5.11 Å². The summed E-state index contributed by atoms with van der Waals surface area (Å²) in [5.41, 5.74) is 7.04. The fourth-order valence-corrected chi connectivity index (χ4v) is 3.68. The molecule has 3 aromatic rings. The van der Waals surface area contributed by atoms with Crippen LogP contribution in [0.3, 0.4) is 0 Å². The Hall–Kier alpha value is -1.93. The van der Waals surface area contributed by atoms with Gasteiger partial charge in [-0.25, -0.2) is 0 Å². The number of halogens is 2. The van der Waals surface area contributed by atoms with Gasteiger partial charge in [-0.15, -0.1) is 15.3 Å². The molecule has 1 aliphatic heterocycles. The number of aromatic nitrogens is 4. The first-order chi connectivity index (χ1) is 12.5. The van der Waals surface area contributed by atoms with Gasteiger partial charge in [-0.2, -0.15) is 4.52 Å². The van der Waals surface area contributed by atoms with Crippen LogP contribution in [-0.4, -0.2) is 50.2 Å². The lowest BCUT2D eigenvalue weighted by Gasteiger charge is -2.38. The maximum atomic E-state index is 9.43. The number of anilines is 1. The van der Waals surface area contributed by atoms with Crippen molar-refractivity contribution in [3.8, 4) is 11.4 Å². The van der Waals surface area contributed by atoms with Crippen molar-refractivity contribution >= 4 is 34.7 Å². The lowest BCUT2D eigenvalue weighted by Crippen LogP contribution is -2.53. The van der Waals surface area contributed by atoms with Gasteiger partial charge in [-0.3, -0.25) is 0 Å². The van der Waals surface area contributed by atoms with Crippen LogP contribution in [-0.2, 0) is 0 Å². The normalized spacial score (nSPS) is 17.0. The molecule has 1 aromatic carbocycles. The number of hydrogen-bond acceptors (Lipinski definition) is 6. The predicted octanol–water partition coefficient (Wildman–Crippen LogP) is 2.39. The minimum Gasteiger partial charge on any atom is -0.394 e. The number of piperidine rings is 1. The Bertz CT molecular complexity index is 931. The molecule has 0 saturated carbocycles. The molecule has 7 nitrogen and oxygen atoms in total. The van der Waals surface area contributed by atoms with E-state index in [2.05, 4.69) is 15.1 Å². The topological polar surface area (TPSA) is 92.6 Å². The molecule has 1 fully saturated rings. The van der Waals surface area contributed by atoms with Crippen molar-refractivity contribution in [3.63, 3.8) is 0 Å². The molecular weight excluding hydrogens is 375 g/mol. The number of rotatable bonds is 3. The maximum Gasteiger partial charge on any atom is 0.185 e. The third kappa shape index (κ3) is 3.23. The van der Waals surface area contributed by atoms with Crippen LogP contribution in [0.25, 0.3) is 17.0 Å². The van der Waals surface area contributed by atoms with Gasteiger partial charge >= 0.3 is 0 Å². The van der Waals surface area contributed by atoms with Gasteiger partial charge in [0.05, 0.1) is 6.61 Å². The van der Waals surface area contributed by atoms with Gasteiger partial charge < -0.3 is 15.7 Å². The van der Waals surface area contributed by atoms with E-state index in [-0.39, 0.29) is 6.61 Å². The largest absolute Gasteiger partial charge is 0.394 e. The highest BCUT2D eigenvalue weighted by Crippen LogP contribution is 2.27. The van der Waals surface area contributed by atoms with Crippen LogP contribution < -0.4 is 10.6 Å². The summed E-state index contributed by atoms with van der Waals surface area (Å²) in [6, 6.07) is 9.03. The zero-order valence-corrected chi connectivity index (χ0v) is 15.5. The number of nitrogens with two attached hydrogens (primary N) is 1. The van der Waals surface area contributed by atoms with Crippen LogP contribution >= 0.6 is 23.2 Å². The molecule has 4 rings (SSSR count). The molecule has 0 spiro atoms. The molecule has 1 aliphatic rings. The fraction of sp³-hybridized carbons (Fsp3) is 0.353. The van der Waals surface area contributed by atoms with Crippen molar-refractivity contribution in [1.82, 2.24) is 19.8 Å². The molecule has 3 N–H and O–H groups in total. The fourth-order valence-electron chi connectivity index (χ4n) is 3.15. The van der Waals surface area contributed by atoms with Crippen molar-refractivity contribution in [2.75, 3.05) is 24.6 Å². The third-order valence-electron chi connectivity index (χ3n) is 4.77. The molecule has 0 aliphatic carbocycles. The second kappa shape index (κ2) is 6.66. The van der Waals surface area contributed by atoms with Crippen LogP contribution in [0.15, 0.2) is 30.3 Å². The zero-order chi connectivity index (χ0) is 18.3. The summed E-state index contributed by atoms with van der Waals surface area (Å²) < 4.78 is 1.69. The molecule has 136 valence electrons. The first-order valence-electron chi connectivity index (χ1n) is 8.31. The molecule has 0 atom stereocenters. The summed E-state index contributed by atoms with van der Waals surface area (Å²) in [7, 11) is 0. The molecule has 9 heteroatoms. The second-order valence-corrected chi connectivity index (χ2v) is 7.52. The number of aliphatic hydroxyl groups is 1. The van der Waals surface area contributed by atoms with E-state index in [4.69, 9.17) is 34.0 Å². The average Bonchev–Trinajstić information content (AvgIpc) is 3.05. The highest BCUT2D eigenvalue weighted by Gasteiger charge is 2.30. The van der Waals surface area contributed by atoms with Crippen molar-refractivity contribution in [2.24, 2.45) is 5.73 Å². The van der Waals surface area contributed by atoms with Crippen molar-refractivity contribution in [1.29, 1.82) is 0 Å². The van der Waals surface area contributed by atoms with E-state index >= 15 is 0 Å². The molecule has 26 heavy (non-hydrogen) atoms. The first-order valence-corrected chi connectivity index (χ1v) is 9.07. The second-order valence-electron chi connectivity index (χ2n) is 6.65. The summed E-state index contributed by atoms with van der Waals surface area (Å²) in [5, 5.41) is 23.6. The summed E-state index contributed by atoms with van der Waals surface area (Å²) in [4.78, 5) is 2.15. The molecule has 0 unspecified atom stereocenters. The number of fused-ring (bicyclic) bond motifs is 1. The Morgan fingerprint density at radius 1 is 1.08 bits per heavy atom. The summed E-state index contributed by atoms with van der Waals surface area (Å²) in [5.74, 6) is 1.39. The Morgan fingerprint density at radius 3 is 2.42 bits per heavy atom. The lowest BCUT2D eigenvalue weighted by molar-refractivity contribution is 0.170. The van der Waals surface area contributed by atoms with Gasteiger partial charge in [0.2, 0.25) is 0 Å². The van der Waals surface area contributed by atoms with Gasteiger partial charge in [-0.1, -0.05) is 23.2 Å². The molecule has 2 aromatic heterocycles. The summed E-state index contributed by atoms with van der Waals surface area (Å²) in [6.07, 6.45) is 1.42. The smallest absolute Gasteiger partial charge is 0.185 e. The molecule has 0 radical (unpaired) electrons. The van der Waals surface area contributed by atoms with E-state index in [1.165, 1.54) is 0 Å². The number of nitrogens with zero attached hydrogens (tertiary/aromatic N) is 5. The van der Waals surface area contributed by atoms with Gasteiger partial charge in [0, 0.05) is 34.2 Å². The molecule has 0 bridgehead atoms. The van der Waals surface area contributed by atoms with Crippen molar-refractivity contribution in [3.05, 3.63) is 40.4 Å². The SMILES string of the molecule is NC1(CO)CCN(c2ccc3nnc(-c4cc(Cl)cc(Cl)c4)n3n2)CC1. The lowest BCUT2D eigenvalue weighted by atomic mass is 9.90. The molecule has 3 heterocycles. The van der Waals surface area contributed by atoms with E-state index < -0.39 is 5.54 Å². The van der Waals surface area contributed by atoms with Crippen LogP contribution in [0, 0.1) is 0 Å². The Morgan fingerprint density at radius 2 is 1.77 bits per heavy atom. The summed E-state index contributed by atoms with van der Waals surface area (Å²) in [6.45, 7) is 1.46. The number of hydrogen-bond donors (Lipinski definition) is 2. The minimum atomic E-state index is -0.500. The van der Waals surface area contributed by atoms with E-state index in [1.807, 2.05) is 12.1 Å². The Kier molecular flexibility index (Phi) is 4.48. The zero-order valence-electron chi connectivity index (χ0n) is 13.9. The van der Waals surface area contributed by atoms with Crippen LogP contribution in [0.1, 0.15) is 12.8 Å². The quantitative estimate of drug-likeness (QED) is 0.710. The van der Waals surface area contributed by atoms with E-state index in [0.29, 0.717) is 34.4 Å². The predicted molar refractivity (Wildman–Crippen MR) is 102 cm³/mol. The number of benzene rings is 1. The third-order valence-corrected chi connectivity index (χ3v) is 5.20. The van der Waals surface area contributed by atoms with Crippen LogP contribution in [0.5, 0.6) is 0 Å². The van der Waals surface area contributed by atoms with Gasteiger partial charge in [0.25, 0.3) is 0 Å². The minimum absolute atomic E-state index is 0.00157.